The first kappa shape index (κ1) is 19.1. The molecule has 1 aromatic carbocycles. The van der Waals surface area contributed by atoms with E-state index in [-0.39, 0.29) is 17.2 Å². The van der Waals surface area contributed by atoms with Crippen molar-refractivity contribution in [3.05, 3.63) is 34.9 Å². The van der Waals surface area contributed by atoms with Crippen molar-refractivity contribution < 1.29 is 8.78 Å². The summed E-state index contributed by atoms with van der Waals surface area (Å²) in [5, 5.41) is 0. The maximum Gasteiger partial charge on any atom is 0.129 e. The average molecular weight is 365 g/mol. The lowest BCUT2D eigenvalue weighted by atomic mass is 9.74. The van der Waals surface area contributed by atoms with Gasteiger partial charge in [-0.1, -0.05) is 44.6 Å². The third-order valence-corrected chi connectivity index (χ3v) is 8.30. The molecule has 0 atom stereocenters. The molecule has 1 aromatic rings. The molecule has 0 saturated heterocycles. The van der Waals surface area contributed by atoms with Gasteiger partial charge < -0.3 is 0 Å². The summed E-state index contributed by atoms with van der Waals surface area (Å²) < 4.78 is 27.6. The van der Waals surface area contributed by atoms with Crippen LogP contribution in [-0.4, -0.2) is 10.2 Å². The Morgan fingerprint density at radius 1 is 0.800 bits per heavy atom. The molecule has 3 rings (SSSR count). The molecular weight excluding hydrogens is 330 g/mol. The number of hydrogen-bond donors (Lipinski definition) is 0. The monoisotopic (exact) mass is 364 g/mol. The maximum atomic E-state index is 13.8. The van der Waals surface area contributed by atoms with Gasteiger partial charge in [0.25, 0.3) is 0 Å². The van der Waals surface area contributed by atoms with Gasteiger partial charge in [-0.2, -0.15) is 0 Å². The van der Waals surface area contributed by atoms with Gasteiger partial charge in [0.05, 0.1) is 0 Å². The zero-order valence-electron chi connectivity index (χ0n) is 16.0. The van der Waals surface area contributed by atoms with E-state index in [4.69, 9.17) is 0 Å². The number of benzene rings is 1. The molecule has 25 heavy (non-hydrogen) atoms. The summed E-state index contributed by atoms with van der Waals surface area (Å²) in [5.74, 6) is 2.44. The average Bonchev–Trinajstić information content (AvgIpc) is 2.65. The van der Waals surface area contributed by atoms with Crippen molar-refractivity contribution in [2.75, 3.05) is 0 Å². The van der Waals surface area contributed by atoms with E-state index in [9.17, 15) is 8.78 Å². The molecule has 0 nitrogen and oxygen atoms in total. The molecule has 0 bridgehead atoms. The minimum atomic E-state index is -0.387. The van der Waals surface area contributed by atoms with Crippen molar-refractivity contribution in [3.8, 4) is 0 Å². The van der Waals surface area contributed by atoms with Crippen LogP contribution in [0, 0.1) is 36.3 Å². The molecule has 0 aliphatic heterocycles. The SMILES string of the molecule is Cc1c(F)cc(C2CCC(CCC3CCC(C[SiH3])CC3)CC2)cc1F. The molecule has 2 saturated carbocycles. The molecule has 0 amide bonds. The van der Waals surface area contributed by atoms with Crippen molar-refractivity contribution in [1.82, 2.24) is 0 Å². The van der Waals surface area contributed by atoms with Gasteiger partial charge in [-0.15, -0.1) is 0 Å². The van der Waals surface area contributed by atoms with Gasteiger partial charge >= 0.3 is 0 Å². The Kier molecular flexibility index (Phi) is 6.71. The van der Waals surface area contributed by atoms with Crippen LogP contribution in [-0.2, 0) is 0 Å². The summed E-state index contributed by atoms with van der Waals surface area (Å²) in [5.41, 5.74) is 1.03. The van der Waals surface area contributed by atoms with Crippen molar-refractivity contribution in [2.24, 2.45) is 17.8 Å². The van der Waals surface area contributed by atoms with Gasteiger partial charge in [-0.25, -0.2) is 8.78 Å². The van der Waals surface area contributed by atoms with Gasteiger partial charge in [-0.3, -0.25) is 0 Å². The van der Waals surface area contributed by atoms with Crippen LogP contribution < -0.4 is 0 Å². The van der Waals surface area contributed by atoms with Gasteiger partial charge in [0.1, 0.15) is 11.6 Å². The third kappa shape index (κ3) is 4.93. The van der Waals surface area contributed by atoms with Crippen LogP contribution in [0.5, 0.6) is 0 Å². The van der Waals surface area contributed by atoms with E-state index in [1.807, 2.05) is 0 Å². The molecule has 0 heterocycles. The molecule has 0 radical (unpaired) electrons. The summed E-state index contributed by atoms with van der Waals surface area (Å²) in [6.07, 6.45) is 13.3. The van der Waals surface area contributed by atoms with Gasteiger partial charge in [0.15, 0.2) is 0 Å². The van der Waals surface area contributed by atoms with Gasteiger partial charge in [0.2, 0.25) is 0 Å². The Bertz CT molecular complexity index is 532. The van der Waals surface area contributed by atoms with Crippen LogP contribution in [0.15, 0.2) is 12.1 Å². The molecule has 0 N–H and O–H groups in total. The van der Waals surface area contributed by atoms with E-state index in [1.165, 1.54) is 74.6 Å². The topological polar surface area (TPSA) is 0 Å². The molecule has 2 aliphatic carbocycles. The molecule has 2 fully saturated rings. The van der Waals surface area contributed by atoms with E-state index in [2.05, 4.69) is 0 Å². The summed E-state index contributed by atoms with van der Waals surface area (Å²) >= 11 is 0. The molecule has 0 unspecified atom stereocenters. The van der Waals surface area contributed by atoms with Gasteiger partial charge in [-0.05, 0) is 74.0 Å². The zero-order valence-corrected chi connectivity index (χ0v) is 18.0. The standard InChI is InChI=1S/C22H34F2Si/c1-15-21(23)12-20(13-22(15)24)19-10-8-17(9-11-19)3-2-16-4-6-18(14-25)7-5-16/h12-13,16-19H,2-11,14H2,1,25H3. The first-order valence-electron chi connectivity index (χ1n) is 10.5. The Labute approximate surface area is 155 Å². The highest BCUT2D eigenvalue weighted by atomic mass is 28.1. The highest BCUT2D eigenvalue weighted by Gasteiger charge is 2.25. The second kappa shape index (κ2) is 8.79. The maximum absolute atomic E-state index is 13.8. The minimum absolute atomic E-state index is 0.151. The second-order valence-corrected chi connectivity index (χ2v) is 9.52. The predicted octanol–water partition coefficient (Wildman–Crippen LogP) is 5.92. The second-order valence-electron chi connectivity index (χ2n) is 8.70. The van der Waals surface area contributed by atoms with Crippen LogP contribution in [0.1, 0.15) is 81.3 Å². The molecule has 3 heteroatoms. The van der Waals surface area contributed by atoms with Crippen molar-refractivity contribution in [2.45, 2.75) is 83.1 Å². The highest BCUT2D eigenvalue weighted by Crippen LogP contribution is 2.40. The quantitative estimate of drug-likeness (QED) is 0.569. The van der Waals surface area contributed by atoms with Crippen LogP contribution in [0.25, 0.3) is 0 Å². The van der Waals surface area contributed by atoms with Gasteiger partial charge in [0, 0.05) is 15.8 Å². The Morgan fingerprint density at radius 2 is 1.24 bits per heavy atom. The predicted molar refractivity (Wildman–Crippen MR) is 105 cm³/mol. The number of rotatable bonds is 5. The largest absolute Gasteiger partial charge is 0.207 e. The fourth-order valence-electron chi connectivity index (χ4n) is 5.08. The lowest BCUT2D eigenvalue weighted by Gasteiger charge is -2.32. The molecular formula is C22H34F2Si. The van der Waals surface area contributed by atoms with Crippen LogP contribution in [0.2, 0.25) is 6.04 Å². The highest BCUT2D eigenvalue weighted by molar-refractivity contribution is 6.08. The normalized spacial score (nSPS) is 30.5. The van der Waals surface area contributed by atoms with E-state index in [1.54, 1.807) is 12.1 Å². The summed E-state index contributed by atoms with van der Waals surface area (Å²) in [4.78, 5) is 0. The lowest BCUT2D eigenvalue weighted by Crippen LogP contribution is -2.17. The van der Waals surface area contributed by atoms with Crippen molar-refractivity contribution in [1.29, 1.82) is 0 Å². The smallest absolute Gasteiger partial charge is 0.129 e. The minimum Gasteiger partial charge on any atom is -0.207 e. The van der Waals surface area contributed by atoms with E-state index >= 15 is 0 Å². The number of halogens is 2. The summed E-state index contributed by atoms with van der Waals surface area (Å²) in [6, 6.07) is 4.63. The van der Waals surface area contributed by atoms with Crippen molar-refractivity contribution in [3.63, 3.8) is 0 Å². The molecule has 0 spiro atoms. The lowest BCUT2D eigenvalue weighted by molar-refractivity contribution is 0.237. The summed E-state index contributed by atoms with van der Waals surface area (Å²) in [6.45, 7) is 1.52. The molecule has 140 valence electrons. The fraction of sp³-hybridized carbons (Fsp3) is 0.727. The third-order valence-electron chi connectivity index (χ3n) is 7.15. The first-order valence-corrected chi connectivity index (χ1v) is 11.9. The first-order chi connectivity index (χ1) is 12.1. The summed E-state index contributed by atoms with van der Waals surface area (Å²) in [7, 11) is 1.37. The van der Waals surface area contributed by atoms with Crippen LogP contribution in [0.3, 0.4) is 0 Å². The Morgan fingerprint density at radius 3 is 1.72 bits per heavy atom. The van der Waals surface area contributed by atoms with E-state index in [0.29, 0.717) is 5.92 Å². The molecule has 2 aliphatic rings. The van der Waals surface area contributed by atoms with Crippen LogP contribution >= 0.6 is 0 Å². The Hall–Kier alpha value is -0.703. The van der Waals surface area contributed by atoms with Crippen molar-refractivity contribution >= 4 is 10.2 Å². The van der Waals surface area contributed by atoms with Crippen LogP contribution in [0.4, 0.5) is 8.78 Å². The fourth-order valence-corrected chi connectivity index (χ4v) is 5.90. The molecule has 0 aromatic heterocycles. The number of hydrogen-bond acceptors (Lipinski definition) is 0. The van der Waals surface area contributed by atoms with E-state index in [0.717, 1.165) is 36.2 Å². The zero-order chi connectivity index (χ0) is 17.8. The Balaban J connectivity index is 1.43. The van der Waals surface area contributed by atoms with E-state index < -0.39 is 0 Å².